The summed E-state index contributed by atoms with van der Waals surface area (Å²) >= 11 is 6.93. The Bertz CT molecular complexity index is 1090. The Kier molecular flexibility index (Phi) is 6.24. The Morgan fingerprint density at radius 2 is 1.52 bits per heavy atom. The van der Waals surface area contributed by atoms with Crippen LogP contribution in [0.25, 0.3) is 0 Å². The summed E-state index contributed by atoms with van der Waals surface area (Å²) in [7, 11) is 0. The molecule has 1 heterocycles. The van der Waals surface area contributed by atoms with Gasteiger partial charge in [-0.15, -0.1) is 0 Å². The first-order valence-electron chi connectivity index (χ1n) is 10.3. The minimum absolute atomic E-state index is 0.243. The van der Waals surface area contributed by atoms with Crippen LogP contribution in [0, 0.1) is 6.92 Å². The van der Waals surface area contributed by atoms with Crippen molar-refractivity contribution >= 4 is 49.3 Å². The molecule has 3 aromatic carbocycles. The lowest BCUT2D eigenvalue weighted by Crippen LogP contribution is -2.49. The average Bonchev–Trinajstić information content (AvgIpc) is 2.97. The molecule has 0 aromatic heterocycles. The number of anilines is 2. The number of hydrogen-bond donors (Lipinski definition) is 1. The van der Waals surface area contributed by atoms with Gasteiger partial charge in [0.15, 0.2) is 5.72 Å². The zero-order valence-electron chi connectivity index (χ0n) is 17.4. The molecule has 1 aliphatic heterocycles. The maximum absolute atomic E-state index is 13.9. The third-order valence-corrected chi connectivity index (χ3v) is 6.77. The van der Waals surface area contributed by atoms with Crippen molar-refractivity contribution in [3.8, 4) is 0 Å². The summed E-state index contributed by atoms with van der Waals surface area (Å²) in [6, 6.07) is 22.2. The van der Waals surface area contributed by atoms with E-state index in [9.17, 15) is 9.90 Å². The van der Waals surface area contributed by atoms with Crippen LogP contribution in [0.4, 0.5) is 16.2 Å². The van der Waals surface area contributed by atoms with E-state index >= 15 is 0 Å². The number of halogens is 2. The van der Waals surface area contributed by atoms with Gasteiger partial charge in [0.1, 0.15) is 0 Å². The molecule has 4 rings (SSSR count). The van der Waals surface area contributed by atoms with Gasteiger partial charge in [-0.25, -0.2) is 4.79 Å². The van der Waals surface area contributed by atoms with Gasteiger partial charge in [-0.1, -0.05) is 75.0 Å². The van der Waals surface area contributed by atoms with Crippen LogP contribution in [0.15, 0.2) is 81.7 Å². The molecule has 2 atom stereocenters. The lowest BCUT2D eigenvalue weighted by molar-refractivity contribution is 0.0289. The molecule has 3 aromatic rings. The number of amides is 2. The smallest absolute Gasteiger partial charge is 0.332 e. The predicted octanol–water partition coefficient (Wildman–Crippen LogP) is 6.98. The summed E-state index contributed by atoms with van der Waals surface area (Å²) in [4.78, 5) is 17.2. The van der Waals surface area contributed by atoms with Crippen LogP contribution in [0.1, 0.15) is 30.9 Å². The van der Waals surface area contributed by atoms with Gasteiger partial charge in [0, 0.05) is 25.9 Å². The Labute approximate surface area is 199 Å². The second-order valence-electron chi connectivity index (χ2n) is 7.84. The van der Waals surface area contributed by atoms with Crippen LogP contribution in [-0.2, 0) is 5.72 Å². The van der Waals surface area contributed by atoms with Crippen LogP contribution >= 0.6 is 31.9 Å². The number of carbonyl (C=O) groups excluding carboxylic acids is 1. The lowest BCUT2D eigenvalue weighted by atomic mass is 9.90. The number of carbonyl (C=O) groups is 1. The van der Waals surface area contributed by atoms with Crippen molar-refractivity contribution in [1.82, 2.24) is 0 Å². The van der Waals surface area contributed by atoms with Crippen LogP contribution < -0.4 is 9.80 Å². The molecule has 6 heteroatoms. The summed E-state index contributed by atoms with van der Waals surface area (Å²) in [5, 5.41) is 12.4. The quantitative estimate of drug-likeness (QED) is 0.377. The van der Waals surface area contributed by atoms with Crippen LogP contribution in [0.3, 0.4) is 0 Å². The number of urea groups is 1. The molecule has 1 unspecified atom stereocenters. The number of benzene rings is 3. The van der Waals surface area contributed by atoms with Crippen molar-refractivity contribution < 1.29 is 9.90 Å². The molecule has 31 heavy (non-hydrogen) atoms. The number of aryl methyl sites for hydroxylation is 1. The van der Waals surface area contributed by atoms with Crippen LogP contribution in [-0.4, -0.2) is 17.2 Å². The Morgan fingerprint density at radius 3 is 2.06 bits per heavy atom. The number of nitrogens with zero attached hydrogens (tertiary/aromatic N) is 2. The fourth-order valence-electron chi connectivity index (χ4n) is 4.30. The maximum Gasteiger partial charge on any atom is 0.332 e. The molecule has 0 bridgehead atoms. The molecule has 1 saturated heterocycles. The number of hydrogen-bond acceptors (Lipinski definition) is 2. The van der Waals surface area contributed by atoms with E-state index in [1.54, 1.807) is 4.90 Å². The van der Waals surface area contributed by atoms with Gasteiger partial charge in [0.2, 0.25) is 0 Å². The lowest BCUT2D eigenvalue weighted by Gasteiger charge is -2.37. The van der Waals surface area contributed by atoms with Crippen molar-refractivity contribution in [2.45, 2.75) is 38.5 Å². The summed E-state index contributed by atoms with van der Waals surface area (Å²) in [6.45, 7) is 4.07. The third-order valence-electron chi connectivity index (χ3n) is 5.71. The van der Waals surface area contributed by atoms with Crippen molar-refractivity contribution in [2.24, 2.45) is 0 Å². The van der Waals surface area contributed by atoms with Crippen LogP contribution in [0.5, 0.6) is 0 Å². The first kappa shape index (κ1) is 22.1. The van der Waals surface area contributed by atoms with E-state index < -0.39 is 11.8 Å². The SMILES string of the molecule is CCC[C@H]1N(c2ccc(Br)cc2)C(=O)N(c2ccc(Br)cc2)C1(O)c1cccc(C)c1. The third kappa shape index (κ3) is 3.93. The fraction of sp³-hybridized carbons (Fsp3) is 0.240. The highest BCUT2D eigenvalue weighted by Crippen LogP contribution is 2.46. The van der Waals surface area contributed by atoms with Gasteiger partial charge < -0.3 is 5.11 Å². The largest absolute Gasteiger partial charge is 0.365 e. The summed E-state index contributed by atoms with van der Waals surface area (Å²) in [5.41, 5.74) is 1.64. The Morgan fingerprint density at radius 1 is 0.935 bits per heavy atom. The topological polar surface area (TPSA) is 43.8 Å². The van der Waals surface area contributed by atoms with E-state index in [2.05, 4.69) is 38.8 Å². The minimum atomic E-state index is -1.51. The second-order valence-corrected chi connectivity index (χ2v) is 9.67. The number of rotatable bonds is 5. The summed E-state index contributed by atoms with van der Waals surface area (Å²) < 4.78 is 1.85. The first-order valence-corrected chi connectivity index (χ1v) is 11.9. The van der Waals surface area contributed by atoms with E-state index in [0.717, 1.165) is 26.6 Å². The van der Waals surface area contributed by atoms with Gasteiger partial charge in [-0.2, -0.15) is 0 Å². The van der Waals surface area contributed by atoms with Crippen molar-refractivity contribution in [3.05, 3.63) is 92.9 Å². The molecular formula is C25H24Br2N2O2. The van der Waals surface area contributed by atoms with E-state index in [-0.39, 0.29) is 6.03 Å². The van der Waals surface area contributed by atoms with Gasteiger partial charge in [-0.05, 0) is 61.9 Å². The van der Waals surface area contributed by atoms with Crippen molar-refractivity contribution in [3.63, 3.8) is 0 Å². The molecular weight excluding hydrogens is 520 g/mol. The van der Waals surface area contributed by atoms with Crippen molar-refractivity contribution in [1.29, 1.82) is 0 Å². The highest BCUT2D eigenvalue weighted by atomic mass is 79.9. The highest BCUT2D eigenvalue weighted by Gasteiger charge is 2.58. The number of aliphatic hydroxyl groups is 1. The molecule has 4 nitrogen and oxygen atoms in total. The second kappa shape index (κ2) is 8.77. The predicted molar refractivity (Wildman–Crippen MR) is 132 cm³/mol. The molecule has 0 saturated carbocycles. The molecule has 1 fully saturated rings. The normalized spacial score (nSPS) is 21.1. The fourth-order valence-corrected chi connectivity index (χ4v) is 4.83. The summed E-state index contributed by atoms with van der Waals surface area (Å²) in [5.74, 6) is 0. The molecule has 2 amide bonds. The minimum Gasteiger partial charge on any atom is -0.365 e. The summed E-state index contributed by atoms with van der Waals surface area (Å²) in [6.07, 6.45) is 1.48. The maximum atomic E-state index is 13.9. The zero-order chi connectivity index (χ0) is 22.2. The highest BCUT2D eigenvalue weighted by molar-refractivity contribution is 9.10. The monoisotopic (exact) mass is 542 g/mol. The van der Waals surface area contributed by atoms with E-state index in [4.69, 9.17) is 0 Å². The van der Waals surface area contributed by atoms with Gasteiger partial charge >= 0.3 is 6.03 Å². The van der Waals surface area contributed by atoms with E-state index in [1.165, 1.54) is 4.90 Å². The first-order chi connectivity index (χ1) is 14.9. The van der Waals surface area contributed by atoms with Gasteiger partial charge in [0.05, 0.1) is 6.04 Å². The standard InChI is InChI=1S/C25H24Br2N2O2/c1-3-5-23-25(31,18-7-4-6-17(2)16-18)29(22-14-10-20(27)11-15-22)24(30)28(23)21-12-8-19(26)9-13-21/h4,6-16,23,31H,3,5H2,1-2H3/t23-,25?/m1/s1. The molecule has 1 N–H and O–H groups in total. The molecule has 0 radical (unpaired) electrons. The molecule has 0 aliphatic carbocycles. The van der Waals surface area contributed by atoms with Gasteiger partial charge in [-0.3, -0.25) is 9.80 Å². The molecule has 160 valence electrons. The average molecular weight is 544 g/mol. The van der Waals surface area contributed by atoms with Gasteiger partial charge in [0.25, 0.3) is 0 Å². The van der Waals surface area contributed by atoms with Crippen molar-refractivity contribution in [2.75, 3.05) is 9.80 Å². The zero-order valence-corrected chi connectivity index (χ0v) is 20.6. The molecule has 0 spiro atoms. The Hall–Kier alpha value is -2.15. The van der Waals surface area contributed by atoms with Crippen LogP contribution in [0.2, 0.25) is 0 Å². The Balaban J connectivity index is 1.95. The molecule has 1 aliphatic rings. The van der Waals surface area contributed by atoms with E-state index in [1.807, 2.05) is 79.7 Å². The van der Waals surface area contributed by atoms with E-state index in [0.29, 0.717) is 17.7 Å².